The molecular weight excluding hydrogens is 314 g/mol. The maximum absolute atomic E-state index is 11.0. The molecule has 2 aromatic carbocycles. The van der Waals surface area contributed by atoms with Gasteiger partial charge in [-0.05, 0) is 59.7 Å². The number of pyridine rings is 1. The monoisotopic (exact) mass is 329 g/mol. The molecule has 5 nitrogen and oxygen atoms in total. The first-order valence-corrected chi connectivity index (χ1v) is 7.78. The van der Waals surface area contributed by atoms with E-state index in [-0.39, 0.29) is 5.56 Å². The lowest BCUT2D eigenvalue weighted by Gasteiger charge is -2.07. The average molecular weight is 329 g/mol. The molecule has 0 saturated carbocycles. The van der Waals surface area contributed by atoms with Gasteiger partial charge in [-0.2, -0.15) is 0 Å². The quantitative estimate of drug-likeness (QED) is 0.596. The highest BCUT2D eigenvalue weighted by Crippen LogP contribution is 2.31. The first-order valence-electron chi connectivity index (χ1n) is 7.78. The molecule has 0 atom stereocenters. The number of rotatable bonds is 3. The first-order chi connectivity index (χ1) is 12.1. The lowest BCUT2D eigenvalue weighted by Crippen LogP contribution is -1.97. The maximum Gasteiger partial charge on any atom is 0.335 e. The Hall–Kier alpha value is -3.60. The van der Waals surface area contributed by atoms with Gasteiger partial charge in [0.25, 0.3) is 0 Å². The molecule has 0 radical (unpaired) electrons. The summed E-state index contributed by atoms with van der Waals surface area (Å²) in [5.74, 6) is -0.939. The van der Waals surface area contributed by atoms with Gasteiger partial charge < -0.3 is 15.4 Å². The molecule has 5 heteroatoms. The summed E-state index contributed by atoms with van der Waals surface area (Å²) in [5, 5.41) is 9.98. The largest absolute Gasteiger partial charge is 0.478 e. The van der Waals surface area contributed by atoms with E-state index in [2.05, 4.69) is 11.1 Å². The number of aromatic nitrogens is 2. The summed E-state index contributed by atoms with van der Waals surface area (Å²) in [6.45, 7) is 0. The van der Waals surface area contributed by atoms with E-state index in [1.165, 1.54) is 0 Å². The van der Waals surface area contributed by atoms with Crippen LogP contribution in [-0.2, 0) is 0 Å². The Kier molecular flexibility index (Phi) is 3.47. The Labute approximate surface area is 144 Å². The van der Waals surface area contributed by atoms with Crippen molar-refractivity contribution in [3.8, 4) is 16.8 Å². The zero-order chi connectivity index (χ0) is 17.4. The van der Waals surface area contributed by atoms with Crippen LogP contribution in [0.25, 0.3) is 27.7 Å². The van der Waals surface area contributed by atoms with E-state index in [1.54, 1.807) is 36.7 Å². The fraction of sp³-hybridized carbons (Fsp3) is 0. The van der Waals surface area contributed by atoms with Crippen molar-refractivity contribution in [2.24, 2.45) is 0 Å². The van der Waals surface area contributed by atoms with Gasteiger partial charge in [0.1, 0.15) is 0 Å². The van der Waals surface area contributed by atoms with Gasteiger partial charge >= 0.3 is 5.97 Å². The molecule has 0 amide bonds. The van der Waals surface area contributed by atoms with Crippen molar-refractivity contribution in [1.82, 2.24) is 9.55 Å². The minimum atomic E-state index is -0.939. The van der Waals surface area contributed by atoms with E-state index in [1.807, 2.05) is 35.0 Å². The van der Waals surface area contributed by atoms with Crippen LogP contribution >= 0.6 is 0 Å². The molecule has 0 aliphatic carbocycles. The molecule has 4 rings (SSSR count). The lowest BCUT2D eigenvalue weighted by molar-refractivity contribution is 0.0697. The van der Waals surface area contributed by atoms with Crippen LogP contribution < -0.4 is 5.73 Å². The van der Waals surface area contributed by atoms with Crippen LogP contribution in [0.3, 0.4) is 0 Å². The van der Waals surface area contributed by atoms with Crippen LogP contribution in [0, 0.1) is 0 Å². The van der Waals surface area contributed by atoms with E-state index < -0.39 is 5.97 Å². The molecule has 0 fully saturated rings. The number of benzene rings is 2. The van der Waals surface area contributed by atoms with Gasteiger partial charge in [0.2, 0.25) is 0 Å². The Morgan fingerprint density at radius 2 is 1.68 bits per heavy atom. The van der Waals surface area contributed by atoms with Gasteiger partial charge in [0.05, 0.1) is 16.8 Å². The van der Waals surface area contributed by atoms with E-state index >= 15 is 0 Å². The van der Waals surface area contributed by atoms with Crippen molar-refractivity contribution in [2.75, 3.05) is 5.73 Å². The van der Waals surface area contributed by atoms with Gasteiger partial charge in [-0.25, -0.2) is 4.79 Å². The number of aromatic carboxylic acids is 1. The second kappa shape index (κ2) is 5.79. The fourth-order valence-corrected chi connectivity index (χ4v) is 2.96. The molecule has 0 aliphatic heterocycles. The predicted molar refractivity (Wildman–Crippen MR) is 97.9 cm³/mol. The van der Waals surface area contributed by atoms with E-state index in [4.69, 9.17) is 10.8 Å². The Bertz CT molecular complexity index is 1070. The molecule has 2 heterocycles. The normalized spacial score (nSPS) is 10.9. The number of hydrogen-bond donors (Lipinski definition) is 2. The van der Waals surface area contributed by atoms with E-state index in [0.29, 0.717) is 5.69 Å². The summed E-state index contributed by atoms with van der Waals surface area (Å²) in [7, 11) is 0. The Morgan fingerprint density at radius 3 is 2.36 bits per heavy atom. The zero-order valence-corrected chi connectivity index (χ0v) is 13.3. The molecule has 0 aliphatic rings. The Balaban J connectivity index is 1.82. The molecule has 0 bridgehead atoms. The number of hydrogen-bond acceptors (Lipinski definition) is 3. The molecule has 0 saturated heterocycles. The molecule has 4 aromatic rings. The number of nitrogens with zero attached hydrogens (tertiary/aromatic N) is 2. The first kappa shape index (κ1) is 15.0. The van der Waals surface area contributed by atoms with Gasteiger partial charge in [-0.3, -0.25) is 4.98 Å². The standard InChI is InChI=1S/C20H15N3O2/c21-18-12-23(16-4-1-14(2-5-16)20(24)25)19-6-3-15(11-17(18)19)13-7-9-22-10-8-13/h1-12H,21H2,(H,24,25). The van der Waals surface area contributed by atoms with Crippen LogP contribution in [0.15, 0.2) is 73.2 Å². The topological polar surface area (TPSA) is 81.1 Å². The zero-order valence-electron chi connectivity index (χ0n) is 13.3. The number of anilines is 1. The second-order valence-electron chi connectivity index (χ2n) is 5.77. The molecule has 0 unspecified atom stereocenters. The number of carboxylic acid groups (broad SMARTS) is 1. The maximum atomic E-state index is 11.0. The van der Waals surface area contributed by atoms with Gasteiger partial charge in [-0.15, -0.1) is 0 Å². The number of nitrogens with two attached hydrogens (primary N) is 1. The van der Waals surface area contributed by atoms with Crippen molar-refractivity contribution in [1.29, 1.82) is 0 Å². The number of carbonyl (C=O) groups is 1. The van der Waals surface area contributed by atoms with E-state index in [9.17, 15) is 4.79 Å². The fourth-order valence-electron chi connectivity index (χ4n) is 2.96. The summed E-state index contributed by atoms with van der Waals surface area (Å²) < 4.78 is 1.96. The minimum absolute atomic E-state index is 0.258. The van der Waals surface area contributed by atoms with E-state index in [0.717, 1.165) is 27.7 Å². The third-order valence-electron chi connectivity index (χ3n) is 4.24. The smallest absolute Gasteiger partial charge is 0.335 e. The summed E-state index contributed by atoms with van der Waals surface area (Å²) in [5.41, 5.74) is 11.1. The third-order valence-corrected chi connectivity index (χ3v) is 4.24. The molecule has 122 valence electrons. The van der Waals surface area contributed by atoms with Crippen LogP contribution in [0.4, 0.5) is 5.69 Å². The Morgan fingerprint density at radius 1 is 0.960 bits per heavy atom. The molecule has 0 spiro atoms. The third kappa shape index (κ3) is 2.61. The summed E-state index contributed by atoms with van der Waals surface area (Å²) in [6, 6.07) is 16.8. The summed E-state index contributed by atoms with van der Waals surface area (Å²) in [6.07, 6.45) is 5.38. The number of carboxylic acids is 1. The second-order valence-corrected chi connectivity index (χ2v) is 5.77. The van der Waals surface area contributed by atoms with Crippen molar-refractivity contribution in [2.45, 2.75) is 0 Å². The van der Waals surface area contributed by atoms with Crippen LogP contribution in [0.1, 0.15) is 10.4 Å². The van der Waals surface area contributed by atoms with Crippen LogP contribution in [-0.4, -0.2) is 20.6 Å². The van der Waals surface area contributed by atoms with Gasteiger partial charge in [-0.1, -0.05) is 6.07 Å². The molecular formula is C20H15N3O2. The summed E-state index contributed by atoms with van der Waals surface area (Å²) >= 11 is 0. The van der Waals surface area contributed by atoms with Crippen molar-refractivity contribution in [3.05, 3.63) is 78.8 Å². The molecule has 3 N–H and O–H groups in total. The van der Waals surface area contributed by atoms with Crippen molar-refractivity contribution < 1.29 is 9.90 Å². The van der Waals surface area contributed by atoms with Crippen LogP contribution in [0.5, 0.6) is 0 Å². The highest BCUT2D eigenvalue weighted by Gasteiger charge is 2.10. The SMILES string of the molecule is Nc1cn(-c2ccc(C(=O)O)cc2)c2ccc(-c3ccncc3)cc12. The highest BCUT2D eigenvalue weighted by atomic mass is 16.4. The van der Waals surface area contributed by atoms with Gasteiger partial charge in [0, 0.05) is 29.7 Å². The number of fused-ring (bicyclic) bond motifs is 1. The summed E-state index contributed by atoms with van der Waals surface area (Å²) in [4.78, 5) is 15.0. The lowest BCUT2D eigenvalue weighted by atomic mass is 10.0. The highest BCUT2D eigenvalue weighted by molar-refractivity contribution is 5.96. The molecule has 2 aromatic heterocycles. The minimum Gasteiger partial charge on any atom is -0.478 e. The van der Waals surface area contributed by atoms with Gasteiger partial charge in [0.15, 0.2) is 0 Å². The predicted octanol–water partition coefficient (Wildman–Crippen LogP) is 3.97. The van der Waals surface area contributed by atoms with Crippen molar-refractivity contribution >= 4 is 22.6 Å². The number of nitrogen functional groups attached to an aromatic ring is 1. The average Bonchev–Trinajstić information content (AvgIpc) is 2.99. The van der Waals surface area contributed by atoms with Crippen molar-refractivity contribution in [3.63, 3.8) is 0 Å². The van der Waals surface area contributed by atoms with Crippen LogP contribution in [0.2, 0.25) is 0 Å². The molecule has 25 heavy (non-hydrogen) atoms.